The maximum atomic E-state index is 13.0. The van der Waals surface area contributed by atoms with Crippen LogP contribution in [-0.2, 0) is 4.79 Å². The predicted molar refractivity (Wildman–Crippen MR) is 70.9 cm³/mol. The van der Waals surface area contributed by atoms with E-state index in [0.717, 1.165) is 6.07 Å². The van der Waals surface area contributed by atoms with Crippen LogP contribution in [0.3, 0.4) is 0 Å². The Morgan fingerprint density at radius 1 is 1.37 bits per heavy atom. The molecule has 104 valence electrons. The second-order valence-electron chi connectivity index (χ2n) is 4.92. The molecule has 0 saturated carbocycles. The van der Waals surface area contributed by atoms with Gasteiger partial charge in [-0.25, -0.2) is 4.39 Å². The normalized spacial score (nSPS) is 12.5. The van der Waals surface area contributed by atoms with Gasteiger partial charge >= 0.3 is 5.97 Å². The standard InChI is InChI=1S/C14H16ClFO3/c1-8(2)5-10(14(18)19)7-13(17)9-3-4-12(16)11(15)6-9/h3-4,6,8,10H,5,7H2,1-2H3,(H,18,19). The molecule has 1 N–H and O–H groups in total. The van der Waals surface area contributed by atoms with E-state index in [-0.39, 0.29) is 28.7 Å². The van der Waals surface area contributed by atoms with Crippen LogP contribution in [-0.4, -0.2) is 16.9 Å². The fraction of sp³-hybridized carbons (Fsp3) is 0.429. The molecular weight excluding hydrogens is 271 g/mol. The van der Waals surface area contributed by atoms with Gasteiger partial charge in [-0.3, -0.25) is 9.59 Å². The fourth-order valence-corrected chi connectivity index (χ4v) is 2.03. The van der Waals surface area contributed by atoms with Crippen LogP contribution in [0.1, 0.15) is 37.0 Å². The van der Waals surface area contributed by atoms with Gasteiger partial charge in [0.05, 0.1) is 10.9 Å². The summed E-state index contributed by atoms with van der Waals surface area (Å²) in [7, 11) is 0. The first-order valence-corrected chi connectivity index (χ1v) is 6.40. The molecule has 5 heteroatoms. The van der Waals surface area contributed by atoms with Gasteiger partial charge in [0, 0.05) is 12.0 Å². The van der Waals surface area contributed by atoms with Gasteiger partial charge in [-0.05, 0) is 30.5 Å². The molecular formula is C14H16ClFO3. The Morgan fingerprint density at radius 2 is 2.00 bits per heavy atom. The lowest BCUT2D eigenvalue weighted by molar-refractivity contribution is -0.142. The van der Waals surface area contributed by atoms with E-state index in [4.69, 9.17) is 16.7 Å². The van der Waals surface area contributed by atoms with Crippen LogP contribution in [0, 0.1) is 17.7 Å². The van der Waals surface area contributed by atoms with Crippen LogP contribution in [0.4, 0.5) is 4.39 Å². The molecule has 0 heterocycles. The number of aliphatic carboxylic acids is 1. The molecule has 1 aromatic carbocycles. The number of carboxylic acids is 1. The van der Waals surface area contributed by atoms with E-state index in [1.54, 1.807) is 0 Å². The Balaban J connectivity index is 2.81. The summed E-state index contributed by atoms with van der Waals surface area (Å²) in [4.78, 5) is 23.0. The number of rotatable bonds is 6. The summed E-state index contributed by atoms with van der Waals surface area (Å²) in [5.41, 5.74) is 0.237. The molecule has 0 radical (unpaired) electrons. The molecule has 1 rings (SSSR count). The number of benzene rings is 1. The maximum Gasteiger partial charge on any atom is 0.306 e. The molecule has 0 saturated heterocycles. The van der Waals surface area contributed by atoms with Gasteiger partial charge in [-0.1, -0.05) is 25.4 Å². The summed E-state index contributed by atoms with van der Waals surface area (Å²) < 4.78 is 13.0. The average Bonchev–Trinajstić information content (AvgIpc) is 2.31. The number of hydrogen-bond acceptors (Lipinski definition) is 2. The minimum atomic E-state index is -0.991. The van der Waals surface area contributed by atoms with Crippen LogP contribution in [0.5, 0.6) is 0 Å². The quantitative estimate of drug-likeness (QED) is 0.809. The highest BCUT2D eigenvalue weighted by Gasteiger charge is 2.23. The van der Waals surface area contributed by atoms with Gasteiger partial charge in [-0.15, -0.1) is 0 Å². The summed E-state index contributed by atoms with van der Waals surface area (Å²) >= 11 is 5.60. The first kappa shape index (κ1) is 15.6. The second-order valence-corrected chi connectivity index (χ2v) is 5.33. The first-order chi connectivity index (χ1) is 8.81. The van der Waals surface area contributed by atoms with Crippen LogP contribution >= 0.6 is 11.6 Å². The molecule has 0 fully saturated rings. The molecule has 1 atom stereocenters. The molecule has 0 aliphatic carbocycles. The molecule has 1 unspecified atom stereocenters. The van der Waals surface area contributed by atoms with Crippen molar-refractivity contribution in [1.29, 1.82) is 0 Å². The Hall–Kier alpha value is -1.42. The summed E-state index contributed by atoms with van der Waals surface area (Å²) in [5, 5.41) is 8.94. The van der Waals surface area contributed by atoms with Gasteiger partial charge in [0.15, 0.2) is 5.78 Å². The largest absolute Gasteiger partial charge is 0.481 e. The molecule has 3 nitrogen and oxygen atoms in total. The van der Waals surface area contributed by atoms with Crippen molar-refractivity contribution in [3.63, 3.8) is 0 Å². The monoisotopic (exact) mass is 286 g/mol. The van der Waals surface area contributed by atoms with Crippen molar-refractivity contribution in [2.24, 2.45) is 11.8 Å². The molecule has 0 aliphatic heterocycles. The number of carbonyl (C=O) groups is 2. The molecule has 0 bridgehead atoms. The number of halogens is 2. The van der Waals surface area contributed by atoms with Crippen molar-refractivity contribution in [2.45, 2.75) is 26.7 Å². The number of hydrogen-bond donors (Lipinski definition) is 1. The summed E-state index contributed by atoms with van der Waals surface area (Å²) in [6, 6.07) is 3.65. The summed E-state index contributed by atoms with van der Waals surface area (Å²) in [5.74, 6) is -2.47. The lowest BCUT2D eigenvalue weighted by atomic mass is 9.91. The highest BCUT2D eigenvalue weighted by atomic mass is 35.5. The van der Waals surface area contributed by atoms with Gasteiger partial charge in [0.2, 0.25) is 0 Å². The van der Waals surface area contributed by atoms with Crippen molar-refractivity contribution < 1.29 is 19.1 Å². The molecule has 0 amide bonds. The summed E-state index contributed by atoms with van der Waals surface area (Å²) in [6.07, 6.45) is 0.325. The maximum absolute atomic E-state index is 13.0. The first-order valence-electron chi connectivity index (χ1n) is 6.02. The van der Waals surface area contributed by atoms with Crippen LogP contribution < -0.4 is 0 Å². The Labute approximate surface area is 116 Å². The third-order valence-electron chi connectivity index (χ3n) is 2.78. The predicted octanol–water partition coefficient (Wildman–Crippen LogP) is 3.80. The van der Waals surface area contributed by atoms with Crippen LogP contribution in [0.25, 0.3) is 0 Å². The van der Waals surface area contributed by atoms with E-state index < -0.39 is 17.7 Å². The molecule has 1 aromatic rings. The average molecular weight is 287 g/mol. The van der Waals surface area contributed by atoms with Crippen LogP contribution in [0.15, 0.2) is 18.2 Å². The zero-order valence-corrected chi connectivity index (χ0v) is 11.6. The lowest BCUT2D eigenvalue weighted by Gasteiger charge is -2.13. The third-order valence-corrected chi connectivity index (χ3v) is 3.07. The second kappa shape index (κ2) is 6.66. The highest BCUT2D eigenvalue weighted by Crippen LogP contribution is 2.21. The summed E-state index contributed by atoms with van der Waals surface area (Å²) in [6.45, 7) is 3.80. The third kappa shape index (κ3) is 4.63. The molecule has 19 heavy (non-hydrogen) atoms. The molecule has 0 spiro atoms. The van der Waals surface area contributed by atoms with Crippen LogP contribution in [0.2, 0.25) is 5.02 Å². The topological polar surface area (TPSA) is 54.4 Å². The van der Waals surface area contributed by atoms with Crippen molar-refractivity contribution in [3.8, 4) is 0 Å². The van der Waals surface area contributed by atoms with Crippen molar-refractivity contribution >= 4 is 23.4 Å². The van der Waals surface area contributed by atoms with E-state index in [1.807, 2.05) is 13.8 Å². The highest BCUT2D eigenvalue weighted by molar-refractivity contribution is 6.31. The van der Waals surface area contributed by atoms with Crippen molar-refractivity contribution in [2.75, 3.05) is 0 Å². The fourth-order valence-electron chi connectivity index (χ4n) is 1.85. The van der Waals surface area contributed by atoms with Gasteiger partial charge in [0.1, 0.15) is 5.82 Å². The minimum Gasteiger partial charge on any atom is -0.481 e. The van der Waals surface area contributed by atoms with E-state index >= 15 is 0 Å². The van der Waals surface area contributed by atoms with E-state index in [0.29, 0.717) is 6.42 Å². The Morgan fingerprint density at radius 3 is 2.47 bits per heavy atom. The van der Waals surface area contributed by atoms with Gasteiger partial charge < -0.3 is 5.11 Å². The lowest BCUT2D eigenvalue weighted by Crippen LogP contribution is -2.20. The number of carbonyl (C=O) groups excluding carboxylic acids is 1. The van der Waals surface area contributed by atoms with E-state index in [9.17, 15) is 14.0 Å². The molecule has 0 aromatic heterocycles. The SMILES string of the molecule is CC(C)CC(CC(=O)c1ccc(F)c(Cl)c1)C(=O)O. The van der Waals surface area contributed by atoms with E-state index in [2.05, 4.69) is 0 Å². The Kier molecular flexibility index (Phi) is 5.48. The van der Waals surface area contributed by atoms with Gasteiger partial charge in [0.25, 0.3) is 0 Å². The molecule has 0 aliphatic rings. The number of carboxylic acid groups (broad SMARTS) is 1. The van der Waals surface area contributed by atoms with E-state index in [1.165, 1.54) is 12.1 Å². The number of Topliss-reactive ketones (excluding diaryl/α,β-unsaturated/α-hetero) is 1. The minimum absolute atomic E-state index is 0.102. The Bertz CT molecular complexity index is 486. The zero-order valence-electron chi connectivity index (χ0n) is 10.8. The van der Waals surface area contributed by atoms with Crippen molar-refractivity contribution in [3.05, 3.63) is 34.6 Å². The zero-order chi connectivity index (χ0) is 14.6. The number of ketones is 1. The van der Waals surface area contributed by atoms with Crippen molar-refractivity contribution in [1.82, 2.24) is 0 Å². The van der Waals surface area contributed by atoms with Gasteiger partial charge in [-0.2, -0.15) is 0 Å². The smallest absolute Gasteiger partial charge is 0.306 e.